The van der Waals surface area contributed by atoms with Gasteiger partial charge in [-0.25, -0.2) is 9.38 Å². The van der Waals surface area contributed by atoms with Crippen LogP contribution in [0.4, 0.5) is 4.39 Å². The molecule has 0 aliphatic carbocycles. The van der Waals surface area contributed by atoms with Crippen molar-refractivity contribution < 1.29 is 18.7 Å². The molecule has 2 aromatic rings. The van der Waals surface area contributed by atoms with Gasteiger partial charge in [0.25, 0.3) is 0 Å². The molecular formula is C27H27FN2O3S. The molecule has 0 aromatic heterocycles. The van der Waals surface area contributed by atoms with Crippen molar-refractivity contribution in [2.24, 2.45) is 9.98 Å². The first kappa shape index (κ1) is 24.0. The van der Waals surface area contributed by atoms with Crippen molar-refractivity contribution in [2.75, 3.05) is 13.4 Å². The van der Waals surface area contributed by atoms with Crippen molar-refractivity contribution in [2.45, 2.75) is 39.2 Å². The lowest BCUT2D eigenvalue weighted by Gasteiger charge is -2.19. The zero-order valence-corrected chi connectivity index (χ0v) is 20.8. The number of ether oxygens (including phenoxy) is 2. The third-order valence-electron chi connectivity index (χ3n) is 5.35. The Labute approximate surface area is 203 Å². The molecule has 0 radical (unpaired) electrons. The number of hydrogen-bond acceptors (Lipinski definition) is 6. The Bertz CT molecular complexity index is 1250. The van der Waals surface area contributed by atoms with Crippen molar-refractivity contribution in [1.29, 1.82) is 0 Å². The highest BCUT2D eigenvalue weighted by molar-refractivity contribution is 8.02. The van der Waals surface area contributed by atoms with Crippen molar-refractivity contribution in [3.8, 4) is 5.75 Å². The number of fused-ring (bicyclic) bond motifs is 1. The van der Waals surface area contributed by atoms with Crippen molar-refractivity contribution in [3.63, 3.8) is 0 Å². The summed E-state index contributed by atoms with van der Waals surface area (Å²) in [4.78, 5) is 21.8. The highest BCUT2D eigenvalue weighted by Gasteiger charge is 2.26. The fourth-order valence-electron chi connectivity index (χ4n) is 3.81. The summed E-state index contributed by atoms with van der Waals surface area (Å²) in [5, 5.41) is 0.877. The Kier molecular flexibility index (Phi) is 6.75. The maximum Gasteiger partial charge on any atom is 0.310 e. The summed E-state index contributed by atoms with van der Waals surface area (Å²) >= 11 is 1.56. The van der Waals surface area contributed by atoms with Crippen LogP contribution in [0.1, 0.15) is 43.9 Å². The molecule has 0 unspecified atom stereocenters. The quantitative estimate of drug-likeness (QED) is 0.479. The Balaban J connectivity index is 1.54. The van der Waals surface area contributed by atoms with Gasteiger partial charge in [0, 0.05) is 17.6 Å². The average molecular weight is 479 g/mol. The monoisotopic (exact) mass is 478 g/mol. The molecule has 34 heavy (non-hydrogen) atoms. The molecule has 2 heterocycles. The molecule has 0 saturated heterocycles. The highest BCUT2D eigenvalue weighted by atomic mass is 32.2. The summed E-state index contributed by atoms with van der Waals surface area (Å²) in [5.41, 5.74) is 5.57. The number of thioether (sulfide) groups is 1. The lowest BCUT2D eigenvalue weighted by molar-refractivity contribution is -0.153. The minimum absolute atomic E-state index is 0.206. The Morgan fingerprint density at radius 2 is 1.76 bits per heavy atom. The van der Waals surface area contributed by atoms with Crippen molar-refractivity contribution in [1.82, 2.24) is 0 Å². The summed E-state index contributed by atoms with van der Waals surface area (Å²) in [5.74, 6) is -0.461. The maximum atomic E-state index is 14.2. The molecule has 176 valence electrons. The number of carbonyl (C=O) groups excluding carboxylic acids is 1. The molecule has 0 saturated carbocycles. The number of allylic oxidation sites excluding steroid dienone is 2. The van der Waals surface area contributed by atoms with E-state index in [9.17, 15) is 9.18 Å². The van der Waals surface area contributed by atoms with Gasteiger partial charge in [-0.05, 0) is 62.4 Å². The van der Waals surface area contributed by atoms with Crippen LogP contribution >= 0.6 is 11.8 Å². The normalized spacial score (nSPS) is 15.4. The van der Waals surface area contributed by atoms with Crippen LogP contribution in [0.2, 0.25) is 0 Å². The van der Waals surface area contributed by atoms with Gasteiger partial charge in [-0.2, -0.15) is 0 Å². The number of methoxy groups -OCH3 is 1. The zero-order chi connectivity index (χ0) is 24.5. The van der Waals surface area contributed by atoms with E-state index < -0.39 is 11.4 Å². The topological polar surface area (TPSA) is 60.2 Å². The summed E-state index contributed by atoms with van der Waals surface area (Å²) in [6, 6.07) is 12.7. The third-order valence-corrected chi connectivity index (χ3v) is 6.04. The number of halogens is 1. The first-order valence-corrected chi connectivity index (χ1v) is 12.2. The smallest absolute Gasteiger partial charge is 0.310 e. The van der Waals surface area contributed by atoms with Gasteiger partial charge in [-0.3, -0.25) is 9.79 Å². The molecule has 0 atom stereocenters. The van der Waals surface area contributed by atoms with Gasteiger partial charge in [0.1, 0.15) is 10.6 Å². The molecule has 2 aliphatic rings. The van der Waals surface area contributed by atoms with Gasteiger partial charge in [0.2, 0.25) is 0 Å². The maximum absolute atomic E-state index is 14.2. The highest BCUT2D eigenvalue weighted by Crippen LogP contribution is 2.36. The molecule has 2 aliphatic heterocycles. The predicted molar refractivity (Wildman–Crippen MR) is 136 cm³/mol. The van der Waals surface area contributed by atoms with Crippen LogP contribution in [0.15, 0.2) is 69.1 Å². The van der Waals surface area contributed by atoms with E-state index in [2.05, 4.69) is 0 Å². The van der Waals surface area contributed by atoms with E-state index in [1.54, 1.807) is 23.9 Å². The number of hydrogen-bond donors (Lipinski definition) is 0. The number of nitrogens with zero attached hydrogens (tertiary/aromatic N) is 2. The molecule has 2 aromatic carbocycles. The minimum Gasteiger partial charge on any atom is -0.494 e. The number of esters is 1. The lowest BCUT2D eigenvalue weighted by Crippen LogP contribution is -2.24. The van der Waals surface area contributed by atoms with Crippen LogP contribution in [0, 0.1) is 5.82 Å². The first-order valence-electron chi connectivity index (χ1n) is 11.0. The standard InChI is InChI=1S/C27H27FN2O3S/c1-27(2,3)33-25(31)12-16-6-8-17(9-7-16)22-15-23-19(26(30-22)34-5)14-21(29-23)18-10-11-24(32-4)20(28)13-18/h6-11,13-14H,12,15H2,1-5H3. The van der Waals surface area contributed by atoms with Crippen LogP contribution in [0.5, 0.6) is 5.75 Å². The molecular weight excluding hydrogens is 451 g/mol. The van der Waals surface area contributed by atoms with Crippen molar-refractivity contribution >= 4 is 34.9 Å². The van der Waals surface area contributed by atoms with E-state index in [0.29, 0.717) is 17.7 Å². The average Bonchev–Trinajstić information content (AvgIpc) is 3.22. The fourth-order valence-corrected chi connectivity index (χ4v) is 4.41. The van der Waals surface area contributed by atoms with Gasteiger partial charge in [-0.15, -0.1) is 11.8 Å². The van der Waals surface area contributed by atoms with Gasteiger partial charge in [0.15, 0.2) is 11.6 Å². The summed E-state index contributed by atoms with van der Waals surface area (Å²) in [7, 11) is 1.44. The van der Waals surface area contributed by atoms with Crippen LogP contribution in [0.3, 0.4) is 0 Å². The number of rotatable bonds is 6. The number of aliphatic imine (C=N–C) groups is 2. The summed E-state index contributed by atoms with van der Waals surface area (Å²) in [6.07, 6.45) is 4.74. The van der Waals surface area contributed by atoms with Gasteiger partial charge < -0.3 is 9.47 Å². The molecule has 0 bridgehead atoms. The molecule has 0 amide bonds. The predicted octanol–water partition coefficient (Wildman–Crippen LogP) is 5.98. The lowest BCUT2D eigenvalue weighted by atomic mass is 9.97. The molecule has 4 rings (SSSR count). The van der Waals surface area contributed by atoms with E-state index in [-0.39, 0.29) is 18.1 Å². The Morgan fingerprint density at radius 3 is 2.38 bits per heavy atom. The fraction of sp³-hybridized carbons (Fsp3) is 0.296. The van der Waals surface area contributed by atoms with Gasteiger partial charge >= 0.3 is 5.97 Å². The van der Waals surface area contributed by atoms with Crippen LogP contribution in [-0.4, -0.2) is 36.4 Å². The molecule has 0 spiro atoms. The SMILES string of the molecule is COc1ccc(C2=CC3=C(SC)N=C(c4ccc(CC(=O)OC(C)(C)C)cc4)CC3=N2)cc1F. The second-order valence-electron chi connectivity index (χ2n) is 9.06. The Morgan fingerprint density at radius 1 is 1.06 bits per heavy atom. The summed E-state index contributed by atoms with van der Waals surface area (Å²) in [6.45, 7) is 5.58. The number of carbonyl (C=O) groups is 1. The van der Waals surface area contributed by atoms with Crippen LogP contribution in [-0.2, 0) is 16.0 Å². The van der Waals surface area contributed by atoms with E-state index in [1.807, 2.05) is 57.4 Å². The largest absolute Gasteiger partial charge is 0.494 e. The van der Waals surface area contributed by atoms with E-state index in [1.165, 1.54) is 13.2 Å². The van der Waals surface area contributed by atoms with E-state index >= 15 is 0 Å². The first-order chi connectivity index (χ1) is 16.2. The zero-order valence-electron chi connectivity index (χ0n) is 19.9. The van der Waals surface area contributed by atoms with Gasteiger partial charge in [-0.1, -0.05) is 24.3 Å². The Hall–Kier alpha value is -3.19. The molecule has 0 fully saturated rings. The van der Waals surface area contributed by atoms with E-state index in [0.717, 1.165) is 33.2 Å². The molecule has 0 N–H and O–H groups in total. The van der Waals surface area contributed by atoms with Crippen molar-refractivity contribution in [3.05, 3.63) is 81.7 Å². The molecule has 7 heteroatoms. The molecule has 5 nitrogen and oxygen atoms in total. The van der Waals surface area contributed by atoms with Crippen LogP contribution < -0.4 is 4.74 Å². The second kappa shape index (κ2) is 9.58. The second-order valence-corrected chi connectivity index (χ2v) is 9.85. The van der Waals surface area contributed by atoms with Crippen LogP contribution in [0.25, 0.3) is 5.70 Å². The van der Waals surface area contributed by atoms with Gasteiger partial charge in [0.05, 0.1) is 30.7 Å². The summed E-state index contributed by atoms with van der Waals surface area (Å²) < 4.78 is 24.7. The minimum atomic E-state index is -0.501. The third kappa shape index (κ3) is 5.30. The van der Waals surface area contributed by atoms with E-state index in [4.69, 9.17) is 19.5 Å². The number of benzene rings is 2.